The first-order valence-electron chi connectivity index (χ1n) is 11.4. The maximum atomic E-state index is 2.34. The molecule has 2 aliphatic rings. The van der Waals surface area contributed by atoms with E-state index in [2.05, 4.69) is 121 Å². The quantitative estimate of drug-likeness (QED) is 0.231. The van der Waals surface area contributed by atoms with Crippen LogP contribution in [0.2, 0.25) is 0 Å². The zero-order valence-corrected chi connectivity index (χ0v) is 19.2. The molecule has 0 aliphatic carbocycles. The Kier molecular flexibility index (Phi) is 5.34. The maximum absolute atomic E-state index is 2.34. The first-order valence-corrected chi connectivity index (χ1v) is 12.6. The van der Waals surface area contributed by atoms with Crippen LogP contribution in [0.4, 0.5) is 0 Å². The number of thioether (sulfide) groups is 1. The predicted octanol–water partition coefficient (Wildman–Crippen LogP) is 9.10. The summed E-state index contributed by atoms with van der Waals surface area (Å²) in [4.78, 5) is 0. The molecule has 0 amide bonds. The number of hydrogen-bond acceptors (Lipinski definition) is 1. The van der Waals surface area contributed by atoms with Crippen LogP contribution in [-0.4, -0.2) is 0 Å². The molecule has 2 aliphatic heterocycles. The highest BCUT2D eigenvalue weighted by atomic mass is 32.2. The fraction of sp³-hybridized carbons (Fsp3) is 0.0625. The Hall–Kier alpha value is -3.55. The molecule has 0 N–H and O–H groups in total. The van der Waals surface area contributed by atoms with E-state index in [1.807, 2.05) is 11.8 Å². The monoisotopic (exact) mass is 440 g/mol. The lowest BCUT2D eigenvalue weighted by molar-refractivity contribution is 1.36. The van der Waals surface area contributed by atoms with Gasteiger partial charge in [0, 0.05) is 11.5 Å². The lowest BCUT2D eigenvalue weighted by Gasteiger charge is -2.17. The molecule has 7 rings (SSSR count). The normalized spacial score (nSPS) is 12.5. The summed E-state index contributed by atoms with van der Waals surface area (Å²) in [7, 11) is 0. The van der Waals surface area contributed by atoms with Crippen molar-refractivity contribution in [2.75, 3.05) is 0 Å². The van der Waals surface area contributed by atoms with Crippen molar-refractivity contribution in [3.8, 4) is 44.5 Å². The summed E-state index contributed by atoms with van der Waals surface area (Å²) in [5, 5.41) is 0. The molecule has 0 radical (unpaired) electrons. The van der Waals surface area contributed by atoms with Crippen LogP contribution in [0, 0.1) is 0 Å². The molecular weight excluding hydrogens is 416 g/mol. The van der Waals surface area contributed by atoms with Crippen molar-refractivity contribution < 1.29 is 0 Å². The second-order valence-corrected chi connectivity index (χ2v) is 9.50. The third-order valence-electron chi connectivity index (χ3n) is 6.44. The van der Waals surface area contributed by atoms with Crippen molar-refractivity contribution in [2.45, 2.75) is 11.5 Å². The third kappa shape index (κ3) is 3.90. The number of rotatable bonds is 0. The maximum Gasteiger partial charge on any atom is 0.0194 e. The van der Waals surface area contributed by atoms with Gasteiger partial charge in [0.05, 0.1) is 0 Å². The molecule has 5 aromatic rings. The average Bonchev–Trinajstić information content (AvgIpc) is 2.89. The van der Waals surface area contributed by atoms with Gasteiger partial charge in [-0.1, -0.05) is 115 Å². The average molecular weight is 441 g/mol. The lowest BCUT2D eigenvalue weighted by Crippen LogP contribution is -1.93. The van der Waals surface area contributed by atoms with Gasteiger partial charge in [0.25, 0.3) is 0 Å². The molecular formula is C32H24S. The largest absolute Gasteiger partial charge is 0.152 e. The van der Waals surface area contributed by atoms with E-state index in [-0.39, 0.29) is 0 Å². The van der Waals surface area contributed by atoms with Gasteiger partial charge in [0.15, 0.2) is 0 Å². The zero-order valence-electron chi connectivity index (χ0n) is 18.4. The van der Waals surface area contributed by atoms with Crippen LogP contribution in [0.5, 0.6) is 0 Å². The predicted molar refractivity (Wildman–Crippen MR) is 143 cm³/mol. The topological polar surface area (TPSA) is 0 Å². The van der Waals surface area contributed by atoms with E-state index < -0.39 is 0 Å². The van der Waals surface area contributed by atoms with Gasteiger partial charge >= 0.3 is 0 Å². The minimum Gasteiger partial charge on any atom is -0.152 e. The van der Waals surface area contributed by atoms with Gasteiger partial charge in [0.2, 0.25) is 0 Å². The van der Waals surface area contributed by atoms with Gasteiger partial charge in [-0.25, -0.2) is 0 Å². The summed E-state index contributed by atoms with van der Waals surface area (Å²) in [6.45, 7) is 0. The fourth-order valence-electron chi connectivity index (χ4n) is 4.78. The second kappa shape index (κ2) is 8.77. The molecule has 0 saturated heterocycles. The molecule has 5 aromatic carbocycles. The van der Waals surface area contributed by atoms with Crippen LogP contribution < -0.4 is 0 Å². The summed E-state index contributed by atoms with van der Waals surface area (Å²) in [5.74, 6) is 2.01. The Bertz CT molecular complexity index is 1430. The van der Waals surface area contributed by atoms with Crippen molar-refractivity contribution in [1.29, 1.82) is 0 Å². The molecule has 0 saturated carbocycles. The molecule has 0 nitrogen and oxygen atoms in total. The van der Waals surface area contributed by atoms with Gasteiger partial charge in [-0.2, -0.15) is 11.8 Å². The van der Waals surface area contributed by atoms with E-state index in [0.717, 1.165) is 11.5 Å². The Morgan fingerprint density at radius 1 is 0.394 bits per heavy atom. The summed E-state index contributed by atoms with van der Waals surface area (Å²) in [6.07, 6.45) is 0. The third-order valence-corrected chi connectivity index (χ3v) is 7.49. The minimum atomic E-state index is 0.995. The highest BCUT2D eigenvalue weighted by Crippen LogP contribution is 2.39. The molecule has 0 unspecified atom stereocenters. The molecule has 4 bridgehead atoms. The van der Waals surface area contributed by atoms with E-state index >= 15 is 0 Å². The van der Waals surface area contributed by atoms with Crippen LogP contribution in [0.25, 0.3) is 44.5 Å². The molecule has 0 aromatic heterocycles. The van der Waals surface area contributed by atoms with E-state index in [1.165, 1.54) is 55.6 Å². The summed E-state index contributed by atoms with van der Waals surface area (Å²) in [6, 6.07) is 44.5. The number of hydrogen-bond donors (Lipinski definition) is 0. The summed E-state index contributed by atoms with van der Waals surface area (Å²) in [5.41, 5.74) is 13.0. The van der Waals surface area contributed by atoms with Crippen LogP contribution in [0.15, 0.2) is 121 Å². The van der Waals surface area contributed by atoms with Crippen molar-refractivity contribution in [1.82, 2.24) is 0 Å². The summed E-state index contributed by atoms with van der Waals surface area (Å²) >= 11 is 1.98. The molecule has 2 heterocycles. The van der Waals surface area contributed by atoms with Crippen LogP contribution in [0.1, 0.15) is 11.1 Å². The van der Waals surface area contributed by atoms with E-state index in [9.17, 15) is 0 Å². The molecule has 1 heteroatoms. The van der Waals surface area contributed by atoms with Gasteiger partial charge in [-0.15, -0.1) is 0 Å². The minimum absolute atomic E-state index is 0.995. The van der Waals surface area contributed by atoms with Gasteiger partial charge in [0.1, 0.15) is 0 Å². The van der Waals surface area contributed by atoms with Crippen molar-refractivity contribution in [3.05, 3.63) is 132 Å². The smallest absolute Gasteiger partial charge is 0.0194 e. The van der Waals surface area contributed by atoms with Crippen molar-refractivity contribution in [3.63, 3.8) is 0 Å². The summed E-state index contributed by atoms with van der Waals surface area (Å²) < 4.78 is 0. The molecule has 0 fully saturated rings. The lowest BCUT2D eigenvalue weighted by atomic mass is 9.89. The molecule has 0 atom stereocenters. The Labute approximate surface area is 200 Å². The molecule has 0 spiro atoms. The van der Waals surface area contributed by atoms with E-state index in [1.54, 1.807) is 0 Å². The van der Waals surface area contributed by atoms with Crippen LogP contribution in [-0.2, 0) is 11.5 Å². The van der Waals surface area contributed by atoms with Gasteiger partial charge in [-0.05, 0) is 61.7 Å². The van der Waals surface area contributed by atoms with E-state index in [0.29, 0.717) is 0 Å². The van der Waals surface area contributed by atoms with Crippen LogP contribution in [0.3, 0.4) is 0 Å². The van der Waals surface area contributed by atoms with Crippen molar-refractivity contribution in [2.24, 2.45) is 0 Å². The fourth-order valence-corrected chi connectivity index (χ4v) is 5.78. The van der Waals surface area contributed by atoms with E-state index in [4.69, 9.17) is 0 Å². The van der Waals surface area contributed by atoms with Gasteiger partial charge in [-0.3, -0.25) is 0 Å². The SMILES string of the molecule is c1cc2cc(c1)-c1ccccc1-c1ccccc1CSCc1ccc(cc1)-c1ccccc1-2. The Morgan fingerprint density at radius 2 is 0.939 bits per heavy atom. The Balaban J connectivity index is 1.61. The highest BCUT2D eigenvalue weighted by molar-refractivity contribution is 7.97. The van der Waals surface area contributed by atoms with Gasteiger partial charge < -0.3 is 0 Å². The Morgan fingerprint density at radius 3 is 1.64 bits per heavy atom. The second-order valence-electron chi connectivity index (χ2n) is 8.52. The zero-order chi connectivity index (χ0) is 22.0. The van der Waals surface area contributed by atoms with Crippen LogP contribution >= 0.6 is 11.8 Å². The molecule has 33 heavy (non-hydrogen) atoms. The number of fused-ring (bicyclic) bond motifs is 4. The standard InChI is InChI=1S/C32H24S/c1-2-14-31-27(8-1)22-33-21-23-16-18-24(19-17-23)28-11-3-4-12-29(28)25-9-7-10-26(20-25)30-13-5-6-15-32(30)31/h1-20H,21-22H2. The van der Waals surface area contributed by atoms with Crippen molar-refractivity contribution >= 4 is 11.8 Å². The first-order chi connectivity index (χ1) is 16.4. The first kappa shape index (κ1) is 20.1. The molecule has 158 valence electrons. The highest BCUT2D eigenvalue weighted by Gasteiger charge is 2.13. The number of benzene rings is 5.